The Kier molecular flexibility index (Phi) is 8.15. The monoisotopic (exact) mass is 443 g/mol. The third-order valence-electron chi connectivity index (χ3n) is 3.70. The number of nitrogens with one attached hydrogen (secondary N) is 1. The molecule has 0 bridgehead atoms. The van der Waals surface area contributed by atoms with Gasteiger partial charge < -0.3 is 10.1 Å². The van der Waals surface area contributed by atoms with Gasteiger partial charge in [0, 0.05) is 4.90 Å². The highest BCUT2D eigenvalue weighted by atomic mass is 32.2. The normalized spacial score (nSPS) is 11.3. The zero-order valence-electron chi connectivity index (χ0n) is 15.4. The third kappa shape index (κ3) is 7.47. The summed E-state index contributed by atoms with van der Waals surface area (Å²) in [5.41, 5.74) is 1.07. The summed E-state index contributed by atoms with van der Waals surface area (Å²) < 4.78 is 54.3. The van der Waals surface area contributed by atoms with Gasteiger partial charge in [0.05, 0.1) is 22.8 Å². The first kappa shape index (κ1) is 22.8. The van der Waals surface area contributed by atoms with Crippen LogP contribution >= 0.6 is 11.8 Å². The van der Waals surface area contributed by atoms with E-state index in [0.717, 1.165) is 5.56 Å². The van der Waals surface area contributed by atoms with Crippen molar-refractivity contribution in [2.24, 2.45) is 0 Å². The predicted molar refractivity (Wildman–Crippen MR) is 106 cm³/mol. The first-order chi connectivity index (χ1) is 13.7. The van der Waals surface area contributed by atoms with Crippen molar-refractivity contribution >= 4 is 39.2 Å². The number of carbonyl (C=O) groups excluding carboxylic acids is 2. The first-order valence-electron chi connectivity index (χ1n) is 8.46. The lowest BCUT2D eigenvalue weighted by Crippen LogP contribution is -2.22. The molecule has 2 aromatic carbocycles. The molecule has 0 saturated heterocycles. The maximum atomic E-state index is 12.5. The van der Waals surface area contributed by atoms with Gasteiger partial charge >= 0.3 is 5.97 Å². The Hall–Kier alpha value is -2.46. The minimum Gasteiger partial charge on any atom is -0.456 e. The molecule has 10 heteroatoms. The van der Waals surface area contributed by atoms with Crippen molar-refractivity contribution < 1.29 is 31.5 Å². The van der Waals surface area contributed by atoms with E-state index in [1.54, 1.807) is 24.3 Å². The highest BCUT2D eigenvalue weighted by Gasteiger charge is 2.18. The molecule has 0 heterocycles. The molecule has 0 fully saturated rings. The van der Waals surface area contributed by atoms with E-state index in [4.69, 9.17) is 4.74 Å². The Balaban J connectivity index is 1.83. The molecular weight excluding hydrogens is 424 g/mol. The fourth-order valence-corrected chi connectivity index (χ4v) is 4.07. The average molecular weight is 443 g/mol. The minimum absolute atomic E-state index is 0.0989. The van der Waals surface area contributed by atoms with Gasteiger partial charge in [-0.05, 0) is 31.2 Å². The highest BCUT2D eigenvalue weighted by Crippen LogP contribution is 2.31. The van der Waals surface area contributed by atoms with Crippen molar-refractivity contribution in [3.05, 3.63) is 54.1 Å². The van der Waals surface area contributed by atoms with Gasteiger partial charge in [-0.1, -0.05) is 41.6 Å². The van der Waals surface area contributed by atoms with Crippen molar-refractivity contribution in [3.8, 4) is 0 Å². The van der Waals surface area contributed by atoms with Crippen molar-refractivity contribution in [2.75, 3.05) is 17.7 Å². The highest BCUT2D eigenvalue weighted by molar-refractivity contribution is 7.99. The van der Waals surface area contributed by atoms with Crippen LogP contribution in [-0.2, 0) is 24.2 Å². The molecule has 0 radical (unpaired) electrons. The van der Waals surface area contributed by atoms with Crippen LogP contribution in [0.25, 0.3) is 0 Å². The number of rotatable bonds is 9. The van der Waals surface area contributed by atoms with Crippen LogP contribution in [-0.4, -0.2) is 38.4 Å². The van der Waals surface area contributed by atoms with Crippen molar-refractivity contribution in [3.63, 3.8) is 0 Å². The molecule has 0 spiro atoms. The van der Waals surface area contributed by atoms with E-state index in [9.17, 15) is 26.8 Å². The fourth-order valence-electron chi connectivity index (χ4n) is 2.25. The summed E-state index contributed by atoms with van der Waals surface area (Å²) in [5, 5.41) is 2.39. The number of ether oxygens (including phenoxy) is 1. The zero-order valence-corrected chi connectivity index (χ0v) is 17.1. The second-order valence-corrected chi connectivity index (χ2v) is 9.11. The number of anilines is 1. The molecule has 0 aliphatic carbocycles. The van der Waals surface area contributed by atoms with Gasteiger partial charge in [-0.2, -0.15) is 8.78 Å². The average Bonchev–Trinajstić information content (AvgIpc) is 2.66. The van der Waals surface area contributed by atoms with Crippen molar-refractivity contribution in [1.29, 1.82) is 0 Å². The molecule has 2 rings (SSSR count). The molecule has 0 aliphatic rings. The number of carbonyl (C=O) groups is 2. The summed E-state index contributed by atoms with van der Waals surface area (Å²) in [5.74, 6) is -4.68. The van der Waals surface area contributed by atoms with Gasteiger partial charge in [-0.25, -0.2) is 8.42 Å². The summed E-state index contributed by atoms with van der Waals surface area (Å²) in [7, 11) is -3.65. The van der Waals surface area contributed by atoms with Crippen LogP contribution in [0.4, 0.5) is 14.5 Å². The molecule has 156 valence electrons. The van der Waals surface area contributed by atoms with Gasteiger partial charge in [0.15, 0.2) is 16.4 Å². The lowest BCUT2D eigenvalue weighted by atomic mass is 10.2. The Labute approximate surface area is 171 Å². The van der Waals surface area contributed by atoms with Crippen LogP contribution in [0.15, 0.2) is 58.3 Å². The van der Waals surface area contributed by atoms with E-state index in [2.05, 4.69) is 5.32 Å². The van der Waals surface area contributed by atoms with Crippen LogP contribution < -0.4 is 5.32 Å². The first-order valence-corrected chi connectivity index (χ1v) is 11.0. The van der Waals surface area contributed by atoms with E-state index in [1.807, 2.05) is 6.92 Å². The van der Waals surface area contributed by atoms with Gasteiger partial charge in [0.2, 0.25) is 0 Å². The van der Waals surface area contributed by atoms with Crippen LogP contribution in [0.5, 0.6) is 0 Å². The number of esters is 1. The van der Waals surface area contributed by atoms with Gasteiger partial charge in [-0.3, -0.25) is 9.59 Å². The van der Waals surface area contributed by atoms with E-state index in [1.165, 1.54) is 24.3 Å². The fraction of sp³-hybridized carbons (Fsp3) is 0.263. The number of sulfone groups is 1. The van der Waals surface area contributed by atoms with E-state index < -0.39 is 46.3 Å². The number of alkyl halides is 2. The van der Waals surface area contributed by atoms with Crippen LogP contribution in [0.1, 0.15) is 12.0 Å². The van der Waals surface area contributed by atoms with Gasteiger partial charge in [-0.15, -0.1) is 0 Å². The quantitative estimate of drug-likeness (QED) is 0.470. The Morgan fingerprint density at radius 1 is 1.10 bits per heavy atom. The van der Waals surface area contributed by atoms with Crippen molar-refractivity contribution in [2.45, 2.75) is 28.9 Å². The maximum absolute atomic E-state index is 12.5. The molecule has 2 aromatic rings. The molecule has 29 heavy (non-hydrogen) atoms. The second kappa shape index (κ2) is 10.4. The number of para-hydroxylation sites is 1. The summed E-state index contributed by atoms with van der Waals surface area (Å²) in [6.07, 6.45) is -0.415. The Morgan fingerprint density at radius 2 is 1.76 bits per heavy atom. The van der Waals surface area contributed by atoms with Gasteiger partial charge in [0.25, 0.3) is 11.7 Å². The SMILES string of the molecule is Cc1ccc(S(=O)(=O)CCC(=O)OCC(=O)Nc2ccccc2SC(F)F)cc1. The second-order valence-electron chi connectivity index (χ2n) is 5.97. The van der Waals surface area contributed by atoms with Crippen LogP contribution in [0, 0.1) is 6.92 Å². The molecule has 0 unspecified atom stereocenters. The maximum Gasteiger partial charge on any atom is 0.307 e. The Morgan fingerprint density at radius 3 is 2.41 bits per heavy atom. The summed E-state index contributed by atoms with van der Waals surface area (Å²) >= 11 is 0.279. The summed E-state index contributed by atoms with van der Waals surface area (Å²) in [6, 6.07) is 12.2. The molecule has 0 saturated carbocycles. The molecule has 0 aliphatic heterocycles. The summed E-state index contributed by atoms with van der Waals surface area (Å²) in [4.78, 5) is 24.0. The number of thioether (sulfide) groups is 1. The van der Waals surface area contributed by atoms with E-state index in [0.29, 0.717) is 0 Å². The number of aryl methyl sites for hydroxylation is 1. The molecular formula is C19H19F2NO5S2. The third-order valence-corrected chi connectivity index (χ3v) is 6.22. The standard InChI is InChI=1S/C19H19F2NO5S2/c1-13-6-8-14(9-7-13)29(25,26)11-10-18(24)27-12-17(23)22-15-4-2-3-5-16(15)28-19(20)21/h2-9,19H,10-12H2,1H3,(H,22,23). The zero-order chi connectivity index (χ0) is 21.4. The Bertz CT molecular complexity index is 963. The summed E-state index contributed by atoms with van der Waals surface area (Å²) in [6.45, 7) is 1.17. The molecule has 1 N–H and O–H groups in total. The van der Waals surface area contributed by atoms with E-state index >= 15 is 0 Å². The van der Waals surface area contributed by atoms with Crippen molar-refractivity contribution in [1.82, 2.24) is 0 Å². The number of hydrogen-bond donors (Lipinski definition) is 1. The largest absolute Gasteiger partial charge is 0.456 e. The predicted octanol–water partition coefficient (Wildman–Crippen LogP) is 3.66. The smallest absolute Gasteiger partial charge is 0.307 e. The molecule has 1 amide bonds. The number of amides is 1. The minimum atomic E-state index is -3.65. The van der Waals surface area contributed by atoms with Gasteiger partial charge in [0.1, 0.15) is 0 Å². The molecule has 6 nitrogen and oxygen atoms in total. The number of benzene rings is 2. The number of halogens is 2. The molecule has 0 aromatic heterocycles. The topological polar surface area (TPSA) is 89.5 Å². The van der Waals surface area contributed by atoms with E-state index in [-0.39, 0.29) is 27.2 Å². The van der Waals surface area contributed by atoms with Crippen LogP contribution in [0.3, 0.4) is 0 Å². The molecule has 0 atom stereocenters. The lowest BCUT2D eigenvalue weighted by molar-refractivity contribution is -0.146. The lowest BCUT2D eigenvalue weighted by Gasteiger charge is -2.10. The number of hydrogen-bond acceptors (Lipinski definition) is 6. The van der Waals surface area contributed by atoms with Crippen LogP contribution in [0.2, 0.25) is 0 Å².